The van der Waals surface area contributed by atoms with Crippen LogP contribution in [0.4, 0.5) is 20.3 Å². The number of anilines is 2. The molecule has 3 aromatic rings. The fourth-order valence-corrected chi connectivity index (χ4v) is 2.46. The first kappa shape index (κ1) is 19.2. The van der Waals surface area contributed by atoms with Crippen molar-refractivity contribution in [3.05, 3.63) is 77.8 Å². The first-order chi connectivity index (χ1) is 13.6. The molecule has 2 N–H and O–H groups in total. The lowest BCUT2D eigenvalue weighted by atomic mass is 10.1. The minimum absolute atomic E-state index is 0.106. The van der Waals surface area contributed by atoms with Crippen LogP contribution in [0.5, 0.6) is 5.75 Å². The number of rotatable bonds is 7. The van der Waals surface area contributed by atoms with Crippen molar-refractivity contribution < 1.29 is 18.3 Å². The molecule has 28 heavy (non-hydrogen) atoms. The number of nitrogens with one attached hydrogen (secondary N) is 2. The molecule has 8 heteroatoms. The average molecular weight is 384 g/mol. The summed E-state index contributed by atoms with van der Waals surface area (Å²) in [6.45, 7) is 0.424. The van der Waals surface area contributed by atoms with E-state index in [2.05, 4.69) is 20.6 Å². The Kier molecular flexibility index (Phi) is 6.11. The molecule has 0 spiro atoms. The van der Waals surface area contributed by atoms with Gasteiger partial charge in [-0.3, -0.25) is 4.79 Å². The van der Waals surface area contributed by atoms with Crippen LogP contribution in [0.2, 0.25) is 0 Å². The SMILES string of the molecule is COc1ccc(CCNC(=O)c2cnc(Nc3c(F)cccc3F)cn2)cc1. The van der Waals surface area contributed by atoms with E-state index in [-0.39, 0.29) is 23.1 Å². The average Bonchev–Trinajstić information content (AvgIpc) is 2.72. The molecule has 3 rings (SSSR count). The van der Waals surface area contributed by atoms with Crippen molar-refractivity contribution in [1.29, 1.82) is 0 Å². The van der Waals surface area contributed by atoms with Gasteiger partial charge in [-0.05, 0) is 36.2 Å². The standard InChI is InChI=1S/C20H18F2N4O2/c1-28-14-7-5-13(6-8-14)9-10-23-20(27)17-11-25-18(12-24-17)26-19-15(21)3-2-4-16(19)22/h2-8,11-12H,9-10H2,1H3,(H,23,27)(H,25,26). The fourth-order valence-electron chi connectivity index (χ4n) is 2.46. The van der Waals surface area contributed by atoms with Crippen LogP contribution in [0.3, 0.4) is 0 Å². The number of amides is 1. The number of halogens is 2. The van der Waals surface area contributed by atoms with Crippen molar-refractivity contribution in [3.8, 4) is 5.75 Å². The van der Waals surface area contributed by atoms with Gasteiger partial charge in [-0.2, -0.15) is 0 Å². The predicted molar refractivity (Wildman–Crippen MR) is 101 cm³/mol. The third-order valence-electron chi connectivity index (χ3n) is 3.96. The Morgan fingerprint density at radius 1 is 1.04 bits per heavy atom. The van der Waals surface area contributed by atoms with Gasteiger partial charge < -0.3 is 15.4 Å². The zero-order valence-electron chi connectivity index (χ0n) is 15.1. The summed E-state index contributed by atoms with van der Waals surface area (Å²) in [6, 6.07) is 11.1. The fraction of sp³-hybridized carbons (Fsp3) is 0.150. The van der Waals surface area contributed by atoms with Crippen LogP contribution in [0.1, 0.15) is 16.1 Å². The van der Waals surface area contributed by atoms with Crippen LogP contribution >= 0.6 is 0 Å². The summed E-state index contributed by atoms with van der Waals surface area (Å²) < 4.78 is 32.4. The number of carbonyl (C=O) groups is 1. The highest BCUT2D eigenvalue weighted by Crippen LogP contribution is 2.21. The maximum absolute atomic E-state index is 13.6. The maximum atomic E-state index is 13.6. The molecule has 0 aliphatic rings. The van der Waals surface area contributed by atoms with Gasteiger partial charge in [0.1, 0.15) is 34.6 Å². The van der Waals surface area contributed by atoms with Gasteiger partial charge in [0.25, 0.3) is 5.91 Å². The van der Waals surface area contributed by atoms with Crippen molar-refractivity contribution in [1.82, 2.24) is 15.3 Å². The van der Waals surface area contributed by atoms with E-state index >= 15 is 0 Å². The molecule has 0 unspecified atom stereocenters. The van der Waals surface area contributed by atoms with Gasteiger partial charge in [0.05, 0.1) is 19.5 Å². The molecule has 1 amide bonds. The van der Waals surface area contributed by atoms with E-state index in [1.165, 1.54) is 18.5 Å². The lowest BCUT2D eigenvalue weighted by Crippen LogP contribution is -2.26. The van der Waals surface area contributed by atoms with Crippen LogP contribution < -0.4 is 15.4 Å². The number of benzene rings is 2. The number of ether oxygens (including phenoxy) is 1. The molecule has 144 valence electrons. The van der Waals surface area contributed by atoms with Crippen LogP contribution in [-0.2, 0) is 6.42 Å². The molecule has 2 aromatic carbocycles. The van der Waals surface area contributed by atoms with Gasteiger partial charge in [0, 0.05) is 6.54 Å². The van der Waals surface area contributed by atoms with Crippen LogP contribution in [0.25, 0.3) is 0 Å². The van der Waals surface area contributed by atoms with Gasteiger partial charge in [-0.1, -0.05) is 18.2 Å². The summed E-state index contributed by atoms with van der Waals surface area (Å²) in [5, 5.41) is 5.27. The van der Waals surface area contributed by atoms with Gasteiger partial charge in [-0.15, -0.1) is 0 Å². The molecule has 0 bridgehead atoms. The Balaban J connectivity index is 1.54. The normalized spacial score (nSPS) is 10.4. The Bertz CT molecular complexity index is 927. The molecule has 0 aliphatic heterocycles. The highest BCUT2D eigenvalue weighted by atomic mass is 19.1. The van der Waals surface area contributed by atoms with E-state index in [1.54, 1.807) is 7.11 Å². The Labute approximate surface area is 160 Å². The second-order valence-electron chi connectivity index (χ2n) is 5.86. The zero-order valence-corrected chi connectivity index (χ0v) is 15.1. The summed E-state index contributed by atoms with van der Waals surface area (Å²) in [5.41, 5.74) is 0.835. The van der Waals surface area contributed by atoms with E-state index in [1.807, 2.05) is 24.3 Å². The van der Waals surface area contributed by atoms with Crippen LogP contribution in [0, 0.1) is 11.6 Å². The third kappa shape index (κ3) is 4.79. The summed E-state index contributed by atoms with van der Waals surface area (Å²) in [5.74, 6) is -0.986. The molecule has 1 heterocycles. The minimum Gasteiger partial charge on any atom is -0.497 e. The first-order valence-corrected chi connectivity index (χ1v) is 8.51. The van der Waals surface area contributed by atoms with E-state index in [0.717, 1.165) is 23.4 Å². The molecule has 0 aliphatic carbocycles. The van der Waals surface area contributed by atoms with E-state index < -0.39 is 11.6 Å². The molecular weight excluding hydrogens is 366 g/mol. The number of nitrogens with zero attached hydrogens (tertiary/aromatic N) is 2. The van der Waals surface area contributed by atoms with Crippen molar-refractivity contribution >= 4 is 17.4 Å². The molecule has 0 atom stereocenters. The number of para-hydroxylation sites is 1. The number of hydrogen-bond donors (Lipinski definition) is 2. The highest BCUT2D eigenvalue weighted by Gasteiger charge is 2.11. The second-order valence-corrected chi connectivity index (χ2v) is 5.86. The van der Waals surface area contributed by atoms with Crippen molar-refractivity contribution in [2.45, 2.75) is 6.42 Å². The quantitative estimate of drug-likeness (QED) is 0.652. The van der Waals surface area contributed by atoms with Crippen molar-refractivity contribution in [2.24, 2.45) is 0 Å². The summed E-state index contributed by atoms with van der Waals surface area (Å²) in [4.78, 5) is 20.1. The molecule has 0 fully saturated rings. The molecule has 6 nitrogen and oxygen atoms in total. The predicted octanol–water partition coefficient (Wildman–Crippen LogP) is 3.48. The summed E-state index contributed by atoms with van der Waals surface area (Å²) in [6.07, 6.45) is 3.13. The zero-order chi connectivity index (χ0) is 19.9. The molecule has 0 saturated carbocycles. The summed E-state index contributed by atoms with van der Waals surface area (Å²) >= 11 is 0. The number of methoxy groups -OCH3 is 1. The molecule has 1 aromatic heterocycles. The maximum Gasteiger partial charge on any atom is 0.271 e. The highest BCUT2D eigenvalue weighted by molar-refractivity contribution is 5.92. The molecule has 0 saturated heterocycles. The van der Waals surface area contributed by atoms with Gasteiger partial charge in [-0.25, -0.2) is 18.7 Å². The van der Waals surface area contributed by atoms with Crippen LogP contribution in [-0.4, -0.2) is 29.5 Å². The van der Waals surface area contributed by atoms with E-state index in [4.69, 9.17) is 4.74 Å². The third-order valence-corrected chi connectivity index (χ3v) is 3.96. The van der Waals surface area contributed by atoms with Gasteiger partial charge >= 0.3 is 0 Å². The Morgan fingerprint density at radius 3 is 2.36 bits per heavy atom. The van der Waals surface area contributed by atoms with Crippen molar-refractivity contribution in [2.75, 3.05) is 19.0 Å². The number of carbonyl (C=O) groups excluding carboxylic acids is 1. The smallest absolute Gasteiger partial charge is 0.271 e. The lowest BCUT2D eigenvalue weighted by Gasteiger charge is -2.08. The minimum atomic E-state index is -0.748. The largest absolute Gasteiger partial charge is 0.497 e. The van der Waals surface area contributed by atoms with Gasteiger partial charge in [0.15, 0.2) is 0 Å². The Hall–Kier alpha value is -3.55. The summed E-state index contributed by atoms with van der Waals surface area (Å²) in [7, 11) is 1.60. The van der Waals surface area contributed by atoms with Crippen LogP contribution in [0.15, 0.2) is 54.9 Å². The lowest BCUT2D eigenvalue weighted by molar-refractivity contribution is 0.0949. The number of hydrogen-bond acceptors (Lipinski definition) is 5. The first-order valence-electron chi connectivity index (χ1n) is 8.51. The molecular formula is C20H18F2N4O2. The number of aromatic nitrogens is 2. The van der Waals surface area contributed by atoms with Crippen molar-refractivity contribution in [3.63, 3.8) is 0 Å². The topological polar surface area (TPSA) is 76.1 Å². The van der Waals surface area contributed by atoms with Gasteiger partial charge in [0.2, 0.25) is 0 Å². The Morgan fingerprint density at radius 2 is 1.75 bits per heavy atom. The van der Waals surface area contributed by atoms with E-state index in [9.17, 15) is 13.6 Å². The monoisotopic (exact) mass is 384 g/mol. The molecule has 0 radical (unpaired) electrons. The van der Waals surface area contributed by atoms with E-state index in [0.29, 0.717) is 13.0 Å². The second kappa shape index (κ2) is 8.90.